The molecule has 1 unspecified atom stereocenters. The first-order chi connectivity index (χ1) is 8.10. The molecule has 1 aromatic heterocycles. The summed E-state index contributed by atoms with van der Waals surface area (Å²) in [5.74, 6) is 1.02. The Morgan fingerprint density at radius 3 is 2.88 bits per heavy atom. The highest BCUT2D eigenvalue weighted by Gasteiger charge is 2.29. The summed E-state index contributed by atoms with van der Waals surface area (Å²) >= 11 is 0. The number of nitrogens with zero attached hydrogens (tertiary/aromatic N) is 3. The molecule has 17 heavy (non-hydrogen) atoms. The maximum absolute atomic E-state index is 11.7. The molecule has 0 aliphatic carbocycles. The van der Waals surface area contributed by atoms with E-state index in [0.717, 1.165) is 18.7 Å². The highest BCUT2D eigenvalue weighted by atomic mass is 16.5. The maximum atomic E-state index is 11.7. The van der Waals surface area contributed by atoms with E-state index in [9.17, 15) is 4.79 Å². The van der Waals surface area contributed by atoms with Crippen LogP contribution in [0.1, 0.15) is 12.1 Å². The van der Waals surface area contributed by atoms with E-state index >= 15 is 0 Å². The Labute approximate surface area is 100 Å². The number of anilines is 1. The number of hydrogen-bond donors (Lipinski definition) is 1. The highest BCUT2D eigenvalue weighted by Crippen LogP contribution is 2.16. The minimum absolute atomic E-state index is 0.0778. The summed E-state index contributed by atoms with van der Waals surface area (Å²) < 4.78 is 5.06. The molecule has 92 valence electrons. The van der Waals surface area contributed by atoms with Crippen molar-refractivity contribution in [2.24, 2.45) is 0 Å². The van der Waals surface area contributed by atoms with Crippen molar-refractivity contribution in [2.45, 2.75) is 19.4 Å². The fraction of sp³-hybridized carbons (Fsp3) is 0.545. The number of likely N-dealkylation sites (N-methyl/N-ethyl adjacent to an activating group) is 1. The number of ether oxygens (including phenoxy) is 1. The molecule has 2 heterocycles. The average molecular weight is 236 g/mol. The largest absolute Gasteiger partial charge is 0.481 e. The molecular formula is C11H16N4O2. The highest BCUT2D eigenvalue weighted by molar-refractivity contribution is 5.86. The van der Waals surface area contributed by atoms with Gasteiger partial charge in [0.05, 0.1) is 7.11 Å². The van der Waals surface area contributed by atoms with Gasteiger partial charge >= 0.3 is 0 Å². The summed E-state index contributed by atoms with van der Waals surface area (Å²) in [6, 6.07) is 1.51. The molecule has 6 heteroatoms. The van der Waals surface area contributed by atoms with Crippen molar-refractivity contribution in [1.82, 2.24) is 14.9 Å². The standard InChI is InChI=1S/C11H16N4O2/c1-7-6-9(17-3)14-11(12-7)13-8-4-5-15(2)10(8)16/h6,8H,4-5H2,1-3H3,(H,12,13,14). The fourth-order valence-corrected chi connectivity index (χ4v) is 1.82. The normalized spacial score (nSPS) is 19.6. The van der Waals surface area contributed by atoms with Crippen molar-refractivity contribution in [3.63, 3.8) is 0 Å². The molecule has 0 radical (unpaired) electrons. The average Bonchev–Trinajstić information content (AvgIpc) is 2.60. The van der Waals surface area contributed by atoms with Gasteiger partial charge in [-0.25, -0.2) is 4.98 Å². The lowest BCUT2D eigenvalue weighted by Gasteiger charge is -2.12. The van der Waals surface area contributed by atoms with Crippen molar-refractivity contribution in [3.8, 4) is 5.88 Å². The third kappa shape index (κ3) is 2.46. The molecule has 0 spiro atoms. The minimum Gasteiger partial charge on any atom is -0.481 e. The Balaban J connectivity index is 2.13. The van der Waals surface area contributed by atoms with Crippen LogP contribution in [-0.2, 0) is 4.79 Å². The molecule has 0 aromatic carbocycles. The third-order valence-electron chi connectivity index (χ3n) is 2.77. The van der Waals surface area contributed by atoms with Crippen LogP contribution >= 0.6 is 0 Å². The summed E-state index contributed by atoms with van der Waals surface area (Å²) in [6.07, 6.45) is 0.773. The van der Waals surface area contributed by atoms with Crippen LogP contribution in [-0.4, -0.2) is 47.5 Å². The van der Waals surface area contributed by atoms with Gasteiger partial charge in [-0.15, -0.1) is 0 Å². The minimum atomic E-state index is -0.230. The molecule has 1 N–H and O–H groups in total. The van der Waals surface area contributed by atoms with Crippen LogP contribution in [0.2, 0.25) is 0 Å². The van der Waals surface area contributed by atoms with E-state index in [4.69, 9.17) is 4.74 Å². The summed E-state index contributed by atoms with van der Waals surface area (Å²) in [6.45, 7) is 2.62. The van der Waals surface area contributed by atoms with Gasteiger partial charge in [0.15, 0.2) is 0 Å². The second-order valence-corrected chi connectivity index (χ2v) is 4.12. The maximum Gasteiger partial charge on any atom is 0.244 e. The first-order valence-electron chi connectivity index (χ1n) is 5.51. The SMILES string of the molecule is COc1cc(C)nc(NC2CCN(C)C2=O)n1. The first-order valence-corrected chi connectivity index (χ1v) is 5.51. The predicted octanol–water partition coefficient (Wildman–Crippen LogP) is 0.436. The van der Waals surface area contributed by atoms with E-state index in [1.165, 1.54) is 0 Å². The van der Waals surface area contributed by atoms with Crippen LogP contribution in [0.5, 0.6) is 5.88 Å². The van der Waals surface area contributed by atoms with Gasteiger partial charge in [0.1, 0.15) is 6.04 Å². The lowest BCUT2D eigenvalue weighted by atomic mass is 10.2. The third-order valence-corrected chi connectivity index (χ3v) is 2.77. The van der Waals surface area contributed by atoms with Gasteiger partial charge in [0.25, 0.3) is 0 Å². The Bertz CT molecular complexity index is 435. The number of rotatable bonds is 3. The molecule has 1 atom stereocenters. The van der Waals surface area contributed by atoms with Gasteiger partial charge in [-0.2, -0.15) is 4.98 Å². The molecule has 0 saturated carbocycles. The number of carbonyl (C=O) groups excluding carboxylic acids is 1. The number of likely N-dealkylation sites (tertiary alicyclic amines) is 1. The zero-order valence-corrected chi connectivity index (χ0v) is 10.2. The number of methoxy groups -OCH3 is 1. The molecule has 1 amide bonds. The van der Waals surface area contributed by atoms with E-state index < -0.39 is 0 Å². The van der Waals surface area contributed by atoms with Crippen molar-refractivity contribution in [1.29, 1.82) is 0 Å². The van der Waals surface area contributed by atoms with Crippen molar-refractivity contribution >= 4 is 11.9 Å². The second kappa shape index (κ2) is 4.57. The zero-order valence-electron chi connectivity index (χ0n) is 10.2. The molecule has 0 bridgehead atoms. The van der Waals surface area contributed by atoms with Gasteiger partial charge in [-0.05, 0) is 13.3 Å². The van der Waals surface area contributed by atoms with Gasteiger partial charge in [0.2, 0.25) is 17.7 Å². The molecule has 6 nitrogen and oxygen atoms in total. The Hall–Kier alpha value is -1.85. The molecule has 1 aliphatic rings. The Morgan fingerprint density at radius 1 is 1.53 bits per heavy atom. The van der Waals surface area contributed by atoms with Crippen LogP contribution in [0.25, 0.3) is 0 Å². The molecule has 2 rings (SSSR count). The molecular weight excluding hydrogens is 220 g/mol. The predicted molar refractivity (Wildman–Crippen MR) is 63.0 cm³/mol. The summed E-state index contributed by atoms with van der Waals surface area (Å²) in [7, 11) is 3.35. The lowest BCUT2D eigenvalue weighted by Crippen LogP contribution is -2.31. The van der Waals surface area contributed by atoms with Crippen molar-refractivity contribution in [3.05, 3.63) is 11.8 Å². The summed E-state index contributed by atoms with van der Waals surface area (Å²) in [5.41, 5.74) is 0.804. The first kappa shape index (κ1) is 11.6. The number of aryl methyl sites for hydroxylation is 1. The molecule has 1 saturated heterocycles. The van der Waals surface area contributed by atoms with Gasteiger partial charge < -0.3 is 15.0 Å². The van der Waals surface area contributed by atoms with Crippen molar-refractivity contribution in [2.75, 3.05) is 26.0 Å². The Morgan fingerprint density at radius 2 is 2.29 bits per heavy atom. The number of aromatic nitrogens is 2. The summed E-state index contributed by atoms with van der Waals surface area (Å²) in [5, 5.41) is 3.04. The van der Waals surface area contributed by atoms with Crippen LogP contribution in [0.4, 0.5) is 5.95 Å². The van der Waals surface area contributed by atoms with Crippen LogP contribution < -0.4 is 10.1 Å². The Kier molecular flexibility index (Phi) is 3.12. The van der Waals surface area contributed by atoms with E-state index in [0.29, 0.717) is 11.8 Å². The number of amides is 1. The lowest BCUT2D eigenvalue weighted by molar-refractivity contribution is -0.127. The van der Waals surface area contributed by atoms with E-state index in [1.54, 1.807) is 25.1 Å². The topological polar surface area (TPSA) is 67.3 Å². The second-order valence-electron chi connectivity index (χ2n) is 4.12. The zero-order chi connectivity index (χ0) is 12.4. The number of nitrogens with one attached hydrogen (secondary N) is 1. The smallest absolute Gasteiger partial charge is 0.244 e. The monoisotopic (exact) mass is 236 g/mol. The number of carbonyl (C=O) groups is 1. The van der Waals surface area contributed by atoms with Crippen molar-refractivity contribution < 1.29 is 9.53 Å². The fourth-order valence-electron chi connectivity index (χ4n) is 1.82. The molecule has 1 fully saturated rings. The van der Waals surface area contributed by atoms with Gasteiger partial charge in [0, 0.05) is 25.4 Å². The van der Waals surface area contributed by atoms with Crippen LogP contribution in [0.15, 0.2) is 6.07 Å². The molecule has 1 aliphatic heterocycles. The molecule has 1 aromatic rings. The van der Waals surface area contributed by atoms with E-state index in [-0.39, 0.29) is 11.9 Å². The van der Waals surface area contributed by atoms with Gasteiger partial charge in [-0.1, -0.05) is 0 Å². The van der Waals surface area contributed by atoms with E-state index in [2.05, 4.69) is 15.3 Å². The van der Waals surface area contributed by atoms with Crippen LogP contribution in [0.3, 0.4) is 0 Å². The van der Waals surface area contributed by atoms with Gasteiger partial charge in [-0.3, -0.25) is 4.79 Å². The van der Waals surface area contributed by atoms with Crippen LogP contribution in [0, 0.1) is 6.92 Å². The quantitative estimate of drug-likeness (QED) is 0.824. The number of hydrogen-bond acceptors (Lipinski definition) is 5. The summed E-state index contributed by atoms with van der Waals surface area (Å²) in [4.78, 5) is 21.8. The van der Waals surface area contributed by atoms with E-state index in [1.807, 2.05) is 6.92 Å².